The van der Waals surface area contributed by atoms with Gasteiger partial charge in [-0.25, -0.2) is 0 Å². The number of carbonyl (C=O) groups excluding carboxylic acids is 4. The third-order valence-corrected chi connectivity index (χ3v) is 9.80. The topological polar surface area (TPSA) is 266 Å². The number of benzene rings is 6. The smallest absolute Gasteiger partial charge is 0.314 e. The Labute approximate surface area is 305 Å². The molecule has 16 nitrogen and oxygen atoms in total. The minimum Gasteiger partial charge on any atom is -0.507 e. The highest BCUT2D eigenvalue weighted by molar-refractivity contribution is 7.86. The van der Waals surface area contributed by atoms with E-state index < -0.39 is 53.7 Å². The van der Waals surface area contributed by atoms with Crippen molar-refractivity contribution in [3.63, 3.8) is 0 Å². The largest absolute Gasteiger partial charge is 0.507 e. The average Bonchev–Trinajstić information content (AvgIpc) is 3.11. The van der Waals surface area contributed by atoms with Crippen molar-refractivity contribution in [2.24, 2.45) is 0 Å². The predicted octanol–water partition coefficient (Wildman–Crippen LogP) is 4.98. The zero-order valence-corrected chi connectivity index (χ0v) is 28.9. The Morgan fingerprint density at radius 3 is 1.20 bits per heavy atom. The summed E-state index contributed by atoms with van der Waals surface area (Å²) in [6.07, 6.45) is 0. The van der Waals surface area contributed by atoms with Crippen LogP contribution in [0.3, 0.4) is 0 Å². The molecule has 0 bridgehead atoms. The first-order chi connectivity index (χ1) is 25.5. The lowest BCUT2D eigenvalue weighted by atomic mass is 10.1. The van der Waals surface area contributed by atoms with Gasteiger partial charge in [0.15, 0.2) is 0 Å². The van der Waals surface area contributed by atoms with E-state index in [1.807, 2.05) is 0 Å². The van der Waals surface area contributed by atoms with Crippen LogP contribution in [0.5, 0.6) is 11.5 Å². The molecular weight excluding hydrogens is 745 g/mol. The number of hydrogen-bond acceptors (Lipinski definition) is 10. The van der Waals surface area contributed by atoms with E-state index >= 15 is 0 Å². The molecule has 0 aliphatic carbocycles. The van der Waals surface area contributed by atoms with Crippen molar-refractivity contribution in [2.45, 2.75) is 9.79 Å². The van der Waals surface area contributed by atoms with Crippen molar-refractivity contribution in [1.29, 1.82) is 0 Å². The van der Waals surface area contributed by atoms with Gasteiger partial charge in [-0.1, -0.05) is 36.4 Å². The number of anilines is 4. The number of rotatable bonds is 8. The van der Waals surface area contributed by atoms with Crippen LogP contribution in [-0.4, -0.2) is 59.8 Å². The number of aromatic hydroxyl groups is 2. The summed E-state index contributed by atoms with van der Waals surface area (Å²) in [4.78, 5) is 51.0. The van der Waals surface area contributed by atoms with Gasteiger partial charge in [-0.2, -0.15) is 16.8 Å². The third kappa shape index (κ3) is 7.66. The molecule has 0 aliphatic rings. The van der Waals surface area contributed by atoms with Crippen molar-refractivity contribution in [3.8, 4) is 11.5 Å². The van der Waals surface area contributed by atoms with Gasteiger partial charge < -0.3 is 31.5 Å². The lowest BCUT2D eigenvalue weighted by Gasteiger charge is -2.13. The summed E-state index contributed by atoms with van der Waals surface area (Å²) >= 11 is 0. The molecule has 6 aromatic carbocycles. The highest BCUT2D eigenvalue weighted by atomic mass is 32.2. The molecule has 0 saturated carbocycles. The number of hydrogen-bond donors (Lipinski definition) is 8. The SMILES string of the molecule is O=C(Nc1cccc(C(=O)Nc2cccc3c(S(=O)(=O)O)ccc(O)c23)c1)C(=O)Nc1cccc(C(=O)Nc2cccc3c(S(=O)(=O)O)ccc(O)c23)c1. The molecule has 6 rings (SSSR count). The van der Waals surface area contributed by atoms with Crippen LogP contribution in [0.4, 0.5) is 22.7 Å². The van der Waals surface area contributed by atoms with E-state index in [0.29, 0.717) is 0 Å². The molecule has 0 spiro atoms. The first-order valence-corrected chi connectivity index (χ1v) is 18.3. The Morgan fingerprint density at radius 2 is 0.833 bits per heavy atom. The van der Waals surface area contributed by atoms with E-state index in [-0.39, 0.29) is 66.9 Å². The molecule has 0 heterocycles. The summed E-state index contributed by atoms with van der Waals surface area (Å²) < 4.78 is 66.6. The standard InChI is InChI=1S/C36H26N4O12S2/c41-27-13-15-29(53(47,48)49)23-9-3-11-25(31(23)27)39-33(43)19-5-1-7-21(17-19)37-35(45)36(46)38-22-8-2-6-20(18-22)34(44)40-26-12-4-10-24-30(54(50,51)52)16-14-28(42)32(24)26/h1-18,41-42H,(H,37,45)(H,38,46)(H,39,43)(H,40,44)(H,47,48,49)(H,50,51,52). The fourth-order valence-corrected chi connectivity index (χ4v) is 7.00. The first-order valence-electron chi connectivity index (χ1n) is 15.4. The molecule has 0 radical (unpaired) electrons. The van der Waals surface area contributed by atoms with Crippen molar-refractivity contribution in [1.82, 2.24) is 0 Å². The number of nitrogens with one attached hydrogen (secondary N) is 4. The van der Waals surface area contributed by atoms with E-state index in [4.69, 9.17) is 0 Å². The van der Waals surface area contributed by atoms with Crippen LogP contribution in [0, 0.1) is 0 Å². The zero-order chi connectivity index (χ0) is 38.9. The van der Waals surface area contributed by atoms with Gasteiger partial charge in [-0.05, 0) is 72.8 Å². The van der Waals surface area contributed by atoms with Crippen LogP contribution in [0.25, 0.3) is 21.5 Å². The molecule has 274 valence electrons. The van der Waals surface area contributed by atoms with Gasteiger partial charge in [-0.15, -0.1) is 0 Å². The summed E-state index contributed by atoms with van der Waals surface area (Å²) in [6.45, 7) is 0. The molecule has 54 heavy (non-hydrogen) atoms. The maximum absolute atomic E-state index is 13.2. The molecule has 8 N–H and O–H groups in total. The monoisotopic (exact) mass is 770 g/mol. The molecule has 0 saturated heterocycles. The maximum Gasteiger partial charge on any atom is 0.314 e. The number of amides is 4. The third-order valence-electron chi connectivity index (χ3n) is 7.98. The van der Waals surface area contributed by atoms with Gasteiger partial charge in [-0.3, -0.25) is 28.3 Å². The highest BCUT2D eigenvalue weighted by Gasteiger charge is 2.22. The van der Waals surface area contributed by atoms with E-state index in [1.54, 1.807) is 0 Å². The van der Waals surface area contributed by atoms with Gasteiger partial charge >= 0.3 is 11.8 Å². The molecule has 6 aromatic rings. The van der Waals surface area contributed by atoms with E-state index in [2.05, 4.69) is 21.3 Å². The van der Waals surface area contributed by atoms with Crippen LogP contribution in [0.2, 0.25) is 0 Å². The zero-order valence-electron chi connectivity index (χ0n) is 27.3. The predicted molar refractivity (Wildman–Crippen MR) is 197 cm³/mol. The van der Waals surface area contributed by atoms with Crippen molar-refractivity contribution < 1.29 is 55.3 Å². The van der Waals surface area contributed by atoms with Crippen molar-refractivity contribution >= 4 is 88.2 Å². The minimum absolute atomic E-state index is 0.00284. The molecule has 0 aliphatic heterocycles. The fourth-order valence-electron chi connectivity index (χ4n) is 5.62. The second-order valence-electron chi connectivity index (χ2n) is 11.6. The molecule has 0 atom stereocenters. The summed E-state index contributed by atoms with van der Waals surface area (Å²) in [5.74, 6) is -4.47. The van der Waals surface area contributed by atoms with Gasteiger partial charge in [0.05, 0.1) is 11.4 Å². The van der Waals surface area contributed by atoms with Crippen LogP contribution in [-0.2, 0) is 29.8 Å². The van der Waals surface area contributed by atoms with E-state index in [0.717, 1.165) is 24.3 Å². The van der Waals surface area contributed by atoms with Crippen molar-refractivity contribution in [3.05, 3.63) is 120 Å². The molecule has 4 amide bonds. The van der Waals surface area contributed by atoms with Gasteiger partial charge in [0.25, 0.3) is 32.1 Å². The summed E-state index contributed by atoms with van der Waals surface area (Å²) in [5.41, 5.74) is 0.131. The lowest BCUT2D eigenvalue weighted by molar-refractivity contribution is -0.132. The van der Waals surface area contributed by atoms with E-state index in [1.165, 1.54) is 84.9 Å². The summed E-state index contributed by atoms with van der Waals surface area (Å²) in [5, 5.41) is 30.5. The normalized spacial score (nSPS) is 11.5. The summed E-state index contributed by atoms with van der Waals surface area (Å²) in [7, 11) is -9.33. The second kappa shape index (κ2) is 14.3. The Kier molecular flexibility index (Phi) is 9.76. The van der Waals surface area contributed by atoms with Crippen LogP contribution in [0.15, 0.2) is 119 Å². The number of phenols is 2. The fraction of sp³-hybridized carbons (Fsp3) is 0. The number of carbonyl (C=O) groups is 4. The molecule has 0 fully saturated rings. The van der Waals surface area contributed by atoms with Gasteiger partial charge in [0.2, 0.25) is 0 Å². The quantitative estimate of drug-likeness (QED) is 0.0753. The minimum atomic E-state index is -4.66. The molecule has 18 heteroatoms. The van der Waals surface area contributed by atoms with Crippen LogP contribution >= 0.6 is 0 Å². The van der Waals surface area contributed by atoms with Crippen LogP contribution < -0.4 is 21.3 Å². The van der Waals surface area contributed by atoms with E-state index in [9.17, 15) is 55.3 Å². The van der Waals surface area contributed by atoms with Gasteiger partial charge in [0.1, 0.15) is 21.3 Å². The number of phenolic OH excluding ortho intramolecular Hbond substituents is 2. The number of fused-ring (bicyclic) bond motifs is 2. The van der Waals surface area contributed by atoms with Crippen LogP contribution in [0.1, 0.15) is 20.7 Å². The molecular formula is C36H26N4O12S2. The molecule has 0 aromatic heterocycles. The maximum atomic E-state index is 13.2. The first kappa shape index (κ1) is 36.9. The second-order valence-corrected chi connectivity index (χ2v) is 14.3. The van der Waals surface area contributed by atoms with Gasteiger partial charge in [0, 0.05) is 44.0 Å². The average molecular weight is 771 g/mol. The Morgan fingerprint density at radius 1 is 0.463 bits per heavy atom. The van der Waals surface area contributed by atoms with Crippen molar-refractivity contribution in [2.75, 3.05) is 21.3 Å². The Balaban J connectivity index is 1.14. The highest BCUT2D eigenvalue weighted by Crippen LogP contribution is 2.37. The lowest BCUT2D eigenvalue weighted by Crippen LogP contribution is -2.29. The Bertz CT molecular complexity index is 2600. The summed E-state index contributed by atoms with van der Waals surface area (Å²) in [6, 6.07) is 23.4. The Hall–Kier alpha value is -6.86. The molecule has 0 unspecified atom stereocenters.